The second-order valence-electron chi connectivity index (χ2n) is 23.3. The highest BCUT2D eigenvalue weighted by atomic mass is 16.8. The van der Waals surface area contributed by atoms with Crippen molar-refractivity contribution in [1.82, 2.24) is 0 Å². The maximum absolute atomic E-state index is 12.7. The van der Waals surface area contributed by atoms with Gasteiger partial charge in [0.05, 0.1) is 43.2 Å². The smallest absolute Gasteiger partial charge is 0.187 e. The third-order valence-electron chi connectivity index (χ3n) is 18.7. The van der Waals surface area contributed by atoms with Gasteiger partial charge in [-0.05, 0) is 117 Å². The van der Waals surface area contributed by atoms with Gasteiger partial charge in [-0.1, -0.05) is 46.8 Å². The Balaban J connectivity index is 1.14. The molecule has 0 radical (unpaired) electrons. The predicted molar refractivity (Wildman–Crippen MR) is 235 cm³/mol. The van der Waals surface area contributed by atoms with Gasteiger partial charge in [0, 0.05) is 0 Å². The number of hydrogen-bond donors (Lipinski definition) is 13. The summed E-state index contributed by atoms with van der Waals surface area (Å²) in [7, 11) is 0. The Labute approximate surface area is 393 Å². The maximum Gasteiger partial charge on any atom is 0.187 e. The molecule has 0 spiro atoms. The molecule has 67 heavy (non-hydrogen) atoms. The second kappa shape index (κ2) is 19.4. The van der Waals surface area contributed by atoms with Crippen LogP contribution in [0.2, 0.25) is 0 Å². The van der Waals surface area contributed by atoms with E-state index in [4.69, 9.17) is 28.4 Å². The summed E-state index contributed by atoms with van der Waals surface area (Å²) in [4.78, 5) is 0. The van der Waals surface area contributed by atoms with Crippen molar-refractivity contribution in [1.29, 1.82) is 0 Å². The Morgan fingerprint density at radius 2 is 1.10 bits per heavy atom. The highest BCUT2D eigenvalue weighted by molar-refractivity contribution is 5.21. The molecule has 0 aromatic heterocycles. The fourth-order valence-electron chi connectivity index (χ4n) is 14.8. The lowest BCUT2D eigenvalue weighted by Gasteiger charge is -2.71. The van der Waals surface area contributed by atoms with Crippen molar-refractivity contribution in [2.45, 2.75) is 222 Å². The van der Waals surface area contributed by atoms with Gasteiger partial charge in [0.1, 0.15) is 73.2 Å². The largest absolute Gasteiger partial charge is 0.394 e. The van der Waals surface area contributed by atoms with E-state index in [1.807, 2.05) is 13.0 Å². The van der Waals surface area contributed by atoms with Gasteiger partial charge >= 0.3 is 0 Å². The van der Waals surface area contributed by atoms with Gasteiger partial charge in [0.2, 0.25) is 0 Å². The van der Waals surface area contributed by atoms with Gasteiger partial charge in [0.25, 0.3) is 0 Å². The zero-order valence-electron chi connectivity index (χ0n) is 40.3. The third kappa shape index (κ3) is 9.24. The van der Waals surface area contributed by atoms with Crippen LogP contribution in [0.15, 0.2) is 12.2 Å². The standard InChI is InChI=1S/C48H82O19/c1-43(2,61)13-9-14-48(8,67-41-38(60)35(57)32(54)25(20-50)63-41)22-10-16-47(7)30(22)23(52)18-28-45(5)15-12-29(44(3,4)27(45)11-17-46(28,47)6)65-42-39(36(58)33(55)26(21-51)64-42)66-40-37(59)34(56)31(53)24(19-49)62-40/h9,13,22-42,49-61H,10-12,14-21H2,1-8H3/b13-9+/t22-,23+,24-,25-,26+,27+,28+,29-,30-,31+,32+,33+,34-,35+,36-,37+,38+,39-,40-,41-,42+,45-,46+,47-,48+/m1/s1. The topological polar surface area (TPSA) is 318 Å². The molecule has 3 saturated heterocycles. The van der Waals surface area contributed by atoms with E-state index < -0.39 is 146 Å². The van der Waals surface area contributed by atoms with E-state index in [0.29, 0.717) is 25.7 Å². The number of aliphatic hydroxyl groups is 13. The lowest BCUT2D eigenvalue weighted by molar-refractivity contribution is -0.378. The number of fused-ring (bicyclic) bond motifs is 5. The minimum absolute atomic E-state index is 0.0608. The number of hydrogen-bond acceptors (Lipinski definition) is 19. The van der Waals surface area contributed by atoms with E-state index in [1.165, 1.54) is 0 Å². The summed E-state index contributed by atoms with van der Waals surface area (Å²) in [6, 6.07) is 0. The average molecular weight is 963 g/mol. The molecule has 7 aliphatic rings. The maximum atomic E-state index is 12.7. The van der Waals surface area contributed by atoms with E-state index in [1.54, 1.807) is 19.9 Å². The summed E-state index contributed by atoms with van der Waals surface area (Å²) in [5.41, 5.74) is -3.75. The lowest BCUT2D eigenvalue weighted by atomic mass is 9.35. The first-order valence-corrected chi connectivity index (χ1v) is 24.4. The molecule has 4 aliphatic carbocycles. The van der Waals surface area contributed by atoms with Gasteiger partial charge in [-0.25, -0.2) is 0 Å². The van der Waals surface area contributed by atoms with Crippen molar-refractivity contribution >= 4 is 0 Å². The fraction of sp³-hybridized carbons (Fsp3) is 0.958. The summed E-state index contributed by atoms with van der Waals surface area (Å²) < 4.78 is 37.1. The van der Waals surface area contributed by atoms with Gasteiger partial charge in [-0.15, -0.1) is 0 Å². The van der Waals surface area contributed by atoms with E-state index in [-0.39, 0.29) is 40.9 Å². The summed E-state index contributed by atoms with van der Waals surface area (Å²) >= 11 is 0. The summed E-state index contributed by atoms with van der Waals surface area (Å²) in [5, 5.41) is 139. The van der Waals surface area contributed by atoms with Crippen LogP contribution in [0, 0.1) is 45.3 Å². The van der Waals surface area contributed by atoms with Crippen molar-refractivity contribution < 1.29 is 94.8 Å². The first-order chi connectivity index (χ1) is 31.1. The van der Waals surface area contributed by atoms with Crippen LogP contribution in [0.4, 0.5) is 0 Å². The van der Waals surface area contributed by atoms with Crippen LogP contribution in [-0.4, -0.2) is 202 Å². The Bertz CT molecular complexity index is 1710. The molecule has 0 aromatic rings. The Kier molecular flexibility index (Phi) is 15.6. The molecule has 25 atom stereocenters. The van der Waals surface area contributed by atoms with Crippen molar-refractivity contribution in [3.8, 4) is 0 Å². The zero-order chi connectivity index (χ0) is 49.6. The normalized spacial score (nSPS) is 52.3. The molecule has 7 rings (SSSR count). The molecular weight excluding hydrogens is 881 g/mol. The summed E-state index contributed by atoms with van der Waals surface area (Å²) in [6.45, 7) is 14.5. The average Bonchev–Trinajstić information content (AvgIpc) is 3.65. The zero-order valence-corrected chi connectivity index (χ0v) is 40.3. The second-order valence-corrected chi connectivity index (χ2v) is 23.3. The van der Waals surface area contributed by atoms with Crippen LogP contribution in [0.5, 0.6) is 0 Å². The molecule has 0 amide bonds. The van der Waals surface area contributed by atoms with Crippen LogP contribution in [0.25, 0.3) is 0 Å². The Morgan fingerprint density at radius 3 is 1.67 bits per heavy atom. The number of aliphatic hydroxyl groups excluding tert-OH is 12. The fourth-order valence-corrected chi connectivity index (χ4v) is 14.8. The van der Waals surface area contributed by atoms with Crippen LogP contribution in [0.1, 0.15) is 107 Å². The van der Waals surface area contributed by atoms with Gasteiger partial charge in [-0.3, -0.25) is 0 Å². The molecule has 19 nitrogen and oxygen atoms in total. The first-order valence-electron chi connectivity index (χ1n) is 24.4. The Hall–Kier alpha value is -1.02. The quantitative estimate of drug-likeness (QED) is 0.0773. The SMILES string of the molecule is CC(C)(O)/C=C/C[C@](C)(O[C@H]1O[C@H](CO)[C@H](O)[C@H](O)[C@@H]1O)[C@@H]1CC[C@]2(C)[C@H]1[C@@H](O)C[C@H]1[C@]3(C)CC[C@@H](O[C@@H]4O[C@@H](CO)[C@H](O)[C@@H](O)[C@H]4O[C@H]4O[C@H](CO)[C@H](O)[C@@H](O)[C@@H]4O)C(C)(C)[C@@H]3CC[C@@]12C. The molecule has 7 fully saturated rings. The van der Waals surface area contributed by atoms with Crippen molar-refractivity contribution in [2.75, 3.05) is 19.8 Å². The molecule has 3 heterocycles. The minimum atomic E-state index is -1.80. The van der Waals surface area contributed by atoms with E-state index >= 15 is 0 Å². The molecule has 13 N–H and O–H groups in total. The van der Waals surface area contributed by atoms with Crippen molar-refractivity contribution in [3.05, 3.63) is 12.2 Å². The molecule has 3 aliphatic heterocycles. The number of rotatable bonds is 13. The number of ether oxygens (including phenoxy) is 6. The monoisotopic (exact) mass is 963 g/mol. The molecular formula is C48H82O19. The molecule has 19 heteroatoms. The van der Waals surface area contributed by atoms with E-state index in [2.05, 4.69) is 34.6 Å². The predicted octanol–water partition coefficient (Wildman–Crippen LogP) is -1.06. The van der Waals surface area contributed by atoms with Crippen LogP contribution < -0.4 is 0 Å². The summed E-state index contributed by atoms with van der Waals surface area (Å²) in [6.07, 6.45) is -15.8. The van der Waals surface area contributed by atoms with Crippen molar-refractivity contribution in [3.63, 3.8) is 0 Å². The van der Waals surface area contributed by atoms with Crippen molar-refractivity contribution in [2.24, 2.45) is 45.3 Å². The minimum Gasteiger partial charge on any atom is -0.394 e. The van der Waals surface area contributed by atoms with Crippen LogP contribution >= 0.6 is 0 Å². The first kappa shape index (κ1) is 53.8. The highest BCUT2D eigenvalue weighted by Crippen LogP contribution is 2.76. The lowest BCUT2D eigenvalue weighted by Crippen LogP contribution is -2.68. The highest BCUT2D eigenvalue weighted by Gasteiger charge is 2.72. The molecule has 0 bridgehead atoms. The van der Waals surface area contributed by atoms with Crippen LogP contribution in [0.3, 0.4) is 0 Å². The Morgan fingerprint density at radius 1 is 0.582 bits per heavy atom. The molecule has 388 valence electrons. The van der Waals surface area contributed by atoms with Gasteiger partial charge < -0.3 is 94.8 Å². The molecule has 0 unspecified atom stereocenters. The third-order valence-corrected chi connectivity index (χ3v) is 18.7. The molecule has 4 saturated carbocycles. The summed E-state index contributed by atoms with van der Waals surface area (Å²) in [5.74, 6) is -0.422. The van der Waals surface area contributed by atoms with Crippen LogP contribution in [-0.2, 0) is 28.4 Å². The van der Waals surface area contributed by atoms with Gasteiger partial charge in [0.15, 0.2) is 18.9 Å². The van der Waals surface area contributed by atoms with E-state index in [0.717, 1.165) is 19.3 Å². The molecule has 0 aromatic carbocycles. The van der Waals surface area contributed by atoms with E-state index in [9.17, 15) is 66.4 Å². The van der Waals surface area contributed by atoms with Gasteiger partial charge in [-0.2, -0.15) is 0 Å².